The summed E-state index contributed by atoms with van der Waals surface area (Å²) in [5.74, 6) is -0.843. The minimum Gasteiger partial charge on any atom is -0.480 e. The maximum Gasteiger partial charge on any atom is 0.321 e. The minimum atomic E-state index is -0.843. The molecule has 0 fully saturated rings. The van der Waals surface area contributed by atoms with Crippen molar-refractivity contribution < 1.29 is 14.3 Å². The molecule has 0 saturated carbocycles. The van der Waals surface area contributed by atoms with Gasteiger partial charge in [0.2, 0.25) is 0 Å². The van der Waals surface area contributed by atoms with Gasteiger partial charge in [0.05, 0.1) is 12.5 Å². The average molecular weight is 265 g/mol. The van der Waals surface area contributed by atoms with Crippen LogP contribution in [-0.2, 0) is 17.8 Å². The molecule has 96 valence electrons. The average Bonchev–Trinajstić information content (AvgIpc) is 2.95. The van der Waals surface area contributed by atoms with Crippen molar-refractivity contribution in [2.45, 2.75) is 25.9 Å². The summed E-state index contributed by atoms with van der Waals surface area (Å²) in [5.41, 5.74) is 0.886. The molecule has 0 spiro atoms. The molecule has 18 heavy (non-hydrogen) atoms. The van der Waals surface area contributed by atoms with Crippen molar-refractivity contribution in [2.75, 3.05) is 0 Å². The van der Waals surface area contributed by atoms with Crippen LogP contribution in [0.1, 0.15) is 15.3 Å². The summed E-state index contributed by atoms with van der Waals surface area (Å²) < 4.78 is 4.94. The van der Waals surface area contributed by atoms with Gasteiger partial charge in [0, 0.05) is 22.7 Å². The van der Waals surface area contributed by atoms with Crippen LogP contribution in [0.3, 0.4) is 0 Å². The number of carboxylic acids is 1. The summed E-state index contributed by atoms with van der Waals surface area (Å²) in [5, 5.41) is 12.2. The van der Waals surface area contributed by atoms with Crippen molar-refractivity contribution in [1.29, 1.82) is 0 Å². The second-order valence-corrected chi connectivity index (χ2v) is 5.49. The Balaban J connectivity index is 1.92. The Labute approximate surface area is 109 Å². The van der Waals surface area contributed by atoms with E-state index in [1.54, 1.807) is 29.9 Å². The zero-order chi connectivity index (χ0) is 13.0. The molecule has 2 rings (SSSR count). The number of hydrogen-bond donors (Lipinski definition) is 2. The van der Waals surface area contributed by atoms with Crippen molar-refractivity contribution in [2.24, 2.45) is 0 Å². The van der Waals surface area contributed by atoms with E-state index in [1.165, 1.54) is 4.88 Å². The standard InChI is InChI=1S/C13H15NO3S/c1-9-2-3-11(18-9)7-14-12(13(15)16)6-10-4-5-17-8-10/h2-5,8,12,14H,6-7H2,1H3,(H,15,16). The Morgan fingerprint density at radius 3 is 2.89 bits per heavy atom. The van der Waals surface area contributed by atoms with Gasteiger partial charge in [0.1, 0.15) is 6.04 Å². The normalized spacial score (nSPS) is 12.5. The largest absolute Gasteiger partial charge is 0.480 e. The molecule has 0 radical (unpaired) electrons. The highest BCUT2D eigenvalue weighted by Gasteiger charge is 2.18. The predicted octanol–water partition coefficient (Wildman–Crippen LogP) is 2.44. The SMILES string of the molecule is Cc1ccc(CNC(Cc2ccoc2)C(=O)O)s1. The van der Waals surface area contributed by atoms with Crippen LogP contribution < -0.4 is 5.32 Å². The summed E-state index contributed by atoms with van der Waals surface area (Å²) >= 11 is 1.68. The smallest absolute Gasteiger partial charge is 0.321 e. The van der Waals surface area contributed by atoms with Crippen molar-refractivity contribution in [3.05, 3.63) is 46.0 Å². The molecule has 0 aliphatic rings. The first-order valence-corrected chi connectivity index (χ1v) is 6.49. The molecule has 1 atom stereocenters. The van der Waals surface area contributed by atoms with Crippen LogP contribution in [-0.4, -0.2) is 17.1 Å². The van der Waals surface area contributed by atoms with Crippen LogP contribution in [0.5, 0.6) is 0 Å². The molecular weight excluding hydrogens is 250 g/mol. The monoisotopic (exact) mass is 265 g/mol. The van der Waals surface area contributed by atoms with E-state index in [0.717, 1.165) is 10.4 Å². The molecule has 2 heterocycles. The molecule has 2 N–H and O–H groups in total. The highest BCUT2D eigenvalue weighted by molar-refractivity contribution is 7.11. The van der Waals surface area contributed by atoms with Gasteiger partial charge in [-0.2, -0.15) is 0 Å². The molecule has 5 heteroatoms. The maximum atomic E-state index is 11.2. The molecule has 1 unspecified atom stereocenters. The highest BCUT2D eigenvalue weighted by Crippen LogP contribution is 2.15. The Bertz CT molecular complexity index is 504. The van der Waals surface area contributed by atoms with E-state index < -0.39 is 12.0 Å². The van der Waals surface area contributed by atoms with Crippen LogP contribution >= 0.6 is 11.3 Å². The number of carbonyl (C=O) groups is 1. The van der Waals surface area contributed by atoms with Gasteiger partial charge in [0.25, 0.3) is 0 Å². The van der Waals surface area contributed by atoms with E-state index >= 15 is 0 Å². The Kier molecular flexibility index (Phi) is 4.17. The molecule has 0 bridgehead atoms. The number of aliphatic carboxylic acids is 1. The molecule has 2 aromatic heterocycles. The topological polar surface area (TPSA) is 62.5 Å². The number of hydrogen-bond acceptors (Lipinski definition) is 4. The second-order valence-electron chi connectivity index (χ2n) is 4.12. The highest BCUT2D eigenvalue weighted by atomic mass is 32.1. The van der Waals surface area contributed by atoms with E-state index in [4.69, 9.17) is 9.52 Å². The summed E-state index contributed by atoms with van der Waals surface area (Å²) in [7, 11) is 0. The lowest BCUT2D eigenvalue weighted by atomic mass is 10.1. The van der Waals surface area contributed by atoms with Gasteiger partial charge in [-0.25, -0.2) is 0 Å². The maximum absolute atomic E-state index is 11.2. The van der Waals surface area contributed by atoms with E-state index in [2.05, 4.69) is 5.32 Å². The summed E-state index contributed by atoms with van der Waals surface area (Å²) in [6.45, 7) is 2.61. The molecule has 0 aliphatic carbocycles. The number of aryl methyl sites for hydroxylation is 1. The fourth-order valence-corrected chi connectivity index (χ4v) is 2.54. The Morgan fingerprint density at radius 2 is 2.33 bits per heavy atom. The first-order chi connectivity index (χ1) is 8.65. The summed E-state index contributed by atoms with van der Waals surface area (Å²) in [6, 6.07) is 5.24. The lowest BCUT2D eigenvalue weighted by Crippen LogP contribution is -2.37. The molecule has 4 nitrogen and oxygen atoms in total. The van der Waals surface area contributed by atoms with Crippen LogP contribution in [0.4, 0.5) is 0 Å². The number of rotatable bonds is 6. The third-order valence-electron chi connectivity index (χ3n) is 2.64. The Morgan fingerprint density at radius 1 is 1.50 bits per heavy atom. The molecule has 0 saturated heterocycles. The van der Waals surface area contributed by atoms with E-state index in [9.17, 15) is 4.79 Å². The molecular formula is C13H15NO3S. The van der Waals surface area contributed by atoms with Crippen LogP contribution in [0.15, 0.2) is 35.1 Å². The molecule has 2 aromatic rings. The van der Waals surface area contributed by atoms with Gasteiger partial charge < -0.3 is 9.52 Å². The zero-order valence-corrected chi connectivity index (χ0v) is 10.9. The fourth-order valence-electron chi connectivity index (χ4n) is 1.70. The molecule has 0 amide bonds. The van der Waals surface area contributed by atoms with E-state index in [-0.39, 0.29) is 0 Å². The number of furan rings is 1. The van der Waals surface area contributed by atoms with Gasteiger partial charge in [0.15, 0.2) is 0 Å². The predicted molar refractivity (Wildman–Crippen MR) is 69.7 cm³/mol. The molecule has 0 aromatic carbocycles. The van der Waals surface area contributed by atoms with Crippen LogP contribution in [0.2, 0.25) is 0 Å². The van der Waals surface area contributed by atoms with Crippen molar-refractivity contribution in [1.82, 2.24) is 5.32 Å². The van der Waals surface area contributed by atoms with Gasteiger partial charge >= 0.3 is 5.97 Å². The number of carboxylic acid groups (broad SMARTS) is 1. The lowest BCUT2D eigenvalue weighted by molar-refractivity contribution is -0.139. The summed E-state index contributed by atoms with van der Waals surface area (Å²) in [4.78, 5) is 13.5. The first kappa shape index (κ1) is 12.9. The van der Waals surface area contributed by atoms with Crippen LogP contribution in [0, 0.1) is 6.92 Å². The van der Waals surface area contributed by atoms with Crippen molar-refractivity contribution in [3.8, 4) is 0 Å². The minimum absolute atomic E-state index is 0.427. The van der Waals surface area contributed by atoms with Crippen molar-refractivity contribution in [3.63, 3.8) is 0 Å². The van der Waals surface area contributed by atoms with Gasteiger partial charge in [-0.15, -0.1) is 11.3 Å². The Hall–Kier alpha value is -1.59. The summed E-state index contributed by atoms with van der Waals surface area (Å²) in [6.07, 6.45) is 3.56. The zero-order valence-electron chi connectivity index (χ0n) is 10.1. The van der Waals surface area contributed by atoms with Crippen LogP contribution in [0.25, 0.3) is 0 Å². The van der Waals surface area contributed by atoms with E-state index in [1.807, 2.05) is 19.1 Å². The first-order valence-electron chi connectivity index (χ1n) is 5.68. The number of thiophene rings is 1. The third kappa shape index (κ3) is 3.45. The third-order valence-corrected chi connectivity index (χ3v) is 3.64. The second kappa shape index (κ2) is 5.84. The fraction of sp³-hybridized carbons (Fsp3) is 0.308. The quantitative estimate of drug-likeness (QED) is 0.842. The molecule has 0 aliphatic heterocycles. The van der Waals surface area contributed by atoms with Gasteiger partial charge in [-0.3, -0.25) is 10.1 Å². The number of nitrogens with one attached hydrogen (secondary N) is 1. The van der Waals surface area contributed by atoms with Gasteiger partial charge in [-0.05, 0) is 30.7 Å². The van der Waals surface area contributed by atoms with E-state index in [0.29, 0.717) is 13.0 Å². The lowest BCUT2D eigenvalue weighted by Gasteiger charge is -2.12. The van der Waals surface area contributed by atoms with Gasteiger partial charge in [-0.1, -0.05) is 0 Å². The van der Waals surface area contributed by atoms with Crippen molar-refractivity contribution >= 4 is 17.3 Å².